The molecule has 2 heterocycles. The first kappa shape index (κ1) is 11.8. The molecule has 0 bridgehead atoms. The summed E-state index contributed by atoms with van der Waals surface area (Å²) in [5.74, 6) is 1.37. The van der Waals surface area contributed by atoms with Gasteiger partial charge in [0.1, 0.15) is 5.82 Å². The number of hydrogen-bond donors (Lipinski definition) is 2. The molecule has 0 amide bonds. The van der Waals surface area contributed by atoms with Crippen molar-refractivity contribution in [2.75, 3.05) is 11.9 Å². The van der Waals surface area contributed by atoms with E-state index in [0.717, 1.165) is 23.9 Å². The van der Waals surface area contributed by atoms with Crippen LogP contribution in [0.25, 0.3) is 0 Å². The second kappa shape index (κ2) is 5.10. The largest absolute Gasteiger partial charge is 0.357 e. The lowest BCUT2D eigenvalue weighted by atomic mass is 10.0. The third-order valence-corrected chi connectivity index (χ3v) is 3.57. The lowest BCUT2D eigenvalue weighted by Gasteiger charge is -2.28. The molecule has 0 saturated carbocycles. The smallest absolute Gasteiger partial charge is 0.202 e. The number of nitrogens with zero attached hydrogens (tertiary/aromatic N) is 2. The van der Waals surface area contributed by atoms with Gasteiger partial charge < -0.3 is 10.6 Å². The Balaban J connectivity index is 1.92. The van der Waals surface area contributed by atoms with Crippen molar-refractivity contribution in [3.63, 3.8) is 0 Å². The predicted octanol–water partition coefficient (Wildman–Crippen LogP) is 2.21. The normalized spacial score (nSPS) is 26.0. The molecule has 1 aromatic rings. The van der Waals surface area contributed by atoms with Gasteiger partial charge in [-0.25, -0.2) is 4.98 Å². The Morgan fingerprint density at radius 3 is 2.94 bits per heavy atom. The Kier molecular flexibility index (Phi) is 3.76. The van der Waals surface area contributed by atoms with Gasteiger partial charge in [-0.2, -0.15) is 4.37 Å². The van der Waals surface area contributed by atoms with Crippen LogP contribution >= 0.6 is 11.5 Å². The van der Waals surface area contributed by atoms with Crippen LogP contribution in [0.3, 0.4) is 0 Å². The van der Waals surface area contributed by atoms with Gasteiger partial charge in [0.15, 0.2) is 0 Å². The zero-order chi connectivity index (χ0) is 11.5. The number of piperidine rings is 1. The summed E-state index contributed by atoms with van der Waals surface area (Å²) >= 11 is 1.48. The zero-order valence-corrected chi connectivity index (χ0v) is 11.0. The van der Waals surface area contributed by atoms with Gasteiger partial charge in [-0.05, 0) is 26.3 Å². The van der Waals surface area contributed by atoms with Gasteiger partial charge in [-0.15, -0.1) is 0 Å². The lowest BCUT2D eigenvalue weighted by molar-refractivity contribution is 0.396. The molecular weight excluding hydrogens is 220 g/mol. The van der Waals surface area contributed by atoms with E-state index in [4.69, 9.17) is 0 Å². The highest BCUT2D eigenvalue weighted by Gasteiger charge is 2.19. The summed E-state index contributed by atoms with van der Waals surface area (Å²) < 4.78 is 4.35. The Morgan fingerprint density at radius 1 is 1.50 bits per heavy atom. The SMILES string of the molecule is CC1CC(Nc2nc(C(C)C)ns2)CCN1. The Hall–Kier alpha value is -0.680. The first-order chi connectivity index (χ1) is 7.65. The van der Waals surface area contributed by atoms with Crippen LogP contribution in [0.4, 0.5) is 5.13 Å². The van der Waals surface area contributed by atoms with Crippen LogP contribution in [0.1, 0.15) is 45.4 Å². The van der Waals surface area contributed by atoms with E-state index in [-0.39, 0.29) is 0 Å². The Bertz CT molecular complexity index is 336. The van der Waals surface area contributed by atoms with Gasteiger partial charge in [0.05, 0.1) is 0 Å². The fourth-order valence-corrected chi connectivity index (χ4v) is 2.75. The summed E-state index contributed by atoms with van der Waals surface area (Å²) in [5.41, 5.74) is 0. The average molecular weight is 240 g/mol. The fraction of sp³-hybridized carbons (Fsp3) is 0.818. The molecule has 0 radical (unpaired) electrons. The molecule has 2 unspecified atom stereocenters. The van der Waals surface area contributed by atoms with E-state index in [0.29, 0.717) is 18.0 Å². The molecule has 1 aliphatic rings. The molecular formula is C11H20N4S. The molecule has 1 aliphatic heterocycles. The summed E-state index contributed by atoms with van der Waals surface area (Å²) in [6, 6.07) is 1.15. The average Bonchev–Trinajstić information content (AvgIpc) is 2.66. The van der Waals surface area contributed by atoms with Gasteiger partial charge >= 0.3 is 0 Å². The van der Waals surface area contributed by atoms with Gasteiger partial charge in [-0.1, -0.05) is 13.8 Å². The molecule has 2 atom stereocenters. The van der Waals surface area contributed by atoms with Gasteiger partial charge in [-0.3, -0.25) is 0 Å². The number of hydrogen-bond acceptors (Lipinski definition) is 5. The van der Waals surface area contributed by atoms with E-state index in [1.165, 1.54) is 18.0 Å². The van der Waals surface area contributed by atoms with E-state index in [1.807, 2.05) is 0 Å². The summed E-state index contributed by atoms with van der Waals surface area (Å²) in [5, 5.41) is 7.91. The number of aromatic nitrogens is 2. The second-order valence-electron chi connectivity index (χ2n) is 4.83. The molecule has 0 aliphatic carbocycles. The minimum absolute atomic E-state index is 0.416. The van der Waals surface area contributed by atoms with E-state index < -0.39 is 0 Å². The molecule has 5 heteroatoms. The van der Waals surface area contributed by atoms with E-state index >= 15 is 0 Å². The van der Waals surface area contributed by atoms with Crippen molar-refractivity contribution >= 4 is 16.7 Å². The number of rotatable bonds is 3. The zero-order valence-electron chi connectivity index (χ0n) is 10.2. The number of anilines is 1. The monoisotopic (exact) mass is 240 g/mol. The van der Waals surface area contributed by atoms with Crippen molar-refractivity contribution in [2.24, 2.45) is 0 Å². The molecule has 0 aromatic carbocycles. The standard InChI is InChI=1S/C11H20N4S/c1-7(2)10-14-11(16-15-10)13-9-4-5-12-8(3)6-9/h7-9,12H,4-6H2,1-3H3,(H,13,14,15). The van der Waals surface area contributed by atoms with Crippen molar-refractivity contribution in [2.45, 2.75) is 51.6 Å². The molecule has 16 heavy (non-hydrogen) atoms. The highest BCUT2D eigenvalue weighted by Crippen LogP contribution is 2.20. The molecule has 1 fully saturated rings. The molecule has 2 N–H and O–H groups in total. The maximum Gasteiger partial charge on any atom is 0.202 e. The summed E-state index contributed by atoms with van der Waals surface area (Å²) in [6.45, 7) is 7.57. The van der Waals surface area contributed by atoms with E-state index in [1.54, 1.807) is 0 Å². The van der Waals surface area contributed by atoms with Gasteiger partial charge in [0, 0.05) is 29.5 Å². The first-order valence-electron chi connectivity index (χ1n) is 5.98. The molecule has 90 valence electrons. The van der Waals surface area contributed by atoms with Crippen LogP contribution in [0, 0.1) is 0 Å². The van der Waals surface area contributed by atoms with Crippen LogP contribution in [0.15, 0.2) is 0 Å². The lowest BCUT2D eigenvalue weighted by Crippen LogP contribution is -2.41. The van der Waals surface area contributed by atoms with Crippen molar-refractivity contribution in [1.82, 2.24) is 14.7 Å². The topological polar surface area (TPSA) is 49.8 Å². The Labute approximate surface area is 101 Å². The van der Waals surface area contributed by atoms with Crippen LogP contribution in [0.5, 0.6) is 0 Å². The van der Waals surface area contributed by atoms with Crippen molar-refractivity contribution in [1.29, 1.82) is 0 Å². The highest BCUT2D eigenvalue weighted by molar-refractivity contribution is 7.09. The summed E-state index contributed by atoms with van der Waals surface area (Å²) in [4.78, 5) is 4.50. The van der Waals surface area contributed by atoms with Crippen LogP contribution < -0.4 is 10.6 Å². The Morgan fingerprint density at radius 2 is 2.31 bits per heavy atom. The number of nitrogens with one attached hydrogen (secondary N) is 2. The maximum atomic E-state index is 4.50. The third-order valence-electron chi connectivity index (χ3n) is 2.91. The maximum absolute atomic E-state index is 4.50. The second-order valence-corrected chi connectivity index (χ2v) is 5.59. The van der Waals surface area contributed by atoms with Crippen LogP contribution in [-0.4, -0.2) is 28.0 Å². The third kappa shape index (κ3) is 2.92. The minimum Gasteiger partial charge on any atom is -0.357 e. The fourth-order valence-electron chi connectivity index (χ4n) is 1.97. The molecule has 1 aromatic heterocycles. The predicted molar refractivity (Wildman–Crippen MR) is 68.1 cm³/mol. The van der Waals surface area contributed by atoms with E-state index in [9.17, 15) is 0 Å². The quantitative estimate of drug-likeness (QED) is 0.850. The van der Waals surface area contributed by atoms with Gasteiger partial charge in [0.2, 0.25) is 5.13 Å². The molecule has 1 saturated heterocycles. The first-order valence-corrected chi connectivity index (χ1v) is 6.76. The molecule has 4 nitrogen and oxygen atoms in total. The van der Waals surface area contributed by atoms with Crippen LogP contribution in [0.2, 0.25) is 0 Å². The van der Waals surface area contributed by atoms with Crippen molar-refractivity contribution < 1.29 is 0 Å². The molecule has 2 rings (SSSR count). The highest BCUT2D eigenvalue weighted by atomic mass is 32.1. The summed E-state index contributed by atoms with van der Waals surface area (Å²) in [7, 11) is 0. The summed E-state index contributed by atoms with van der Waals surface area (Å²) in [6.07, 6.45) is 2.33. The molecule has 0 spiro atoms. The van der Waals surface area contributed by atoms with Crippen molar-refractivity contribution in [3.05, 3.63) is 5.82 Å². The van der Waals surface area contributed by atoms with Crippen LogP contribution in [-0.2, 0) is 0 Å². The van der Waals surface area contributed by atoms with Crippen molar-refractivity contribution in [3.8, 4) is 0 Å². The minimum atomic E-state index is 0.416. The van der Waals surface area contributed by atoms with Gasteiger partial charge in [0.25, 0.3) is 0 Å². The van der Waals surface area contributed by atoms with E-state index in [2.05, 4.69) is 40.8 Å².